The van der Waals surface area contributed by atoms with Gasteiger partial charge in [0.15, 0.2) is 0 Å². The van der Waals surface area contributed by atoms with Crippen molar-refractivity contribution < 1.29 is 0 Å². The second-order valence-electron chi connectivity index (χ2n) is 19.8. The largest absolute Gasteiger partial charge is 0.310 e. The summed E-state index contributed by atoms with van der Waals surface area (Å²) >= 11 is 0. The summed E-state index contributed by atoms with van der Waals surface area (Å²) in [6, 6.07) is 66.8. The molecular formula is C59H48N2. The van der Waals surface area contributed by atoms with Crippen LogP contribution in [-0.2, 0) is 10.8 Å². The third-order valence-corrected chi connectivity index (χ3v) is 16.7. The molecule has 2 nitrogen and oxygen atoms in total. The molecule has 9 aromatic rings. The first-order valence-electron chi connectivity index (χ1n) is 22.7. The molecule has 0 bridgehead atoms. The predicted octanol–water partition coefficient (Wildman–Crippen LogP) is 15.3. The Labute approximate surface area is 358 Å². The zero-order valence-corrected chi connectivity index (χ0v) is 34.9. The summed E-state index contributed by atoms with van der Waals surface area (Å²) in [5.74, 6) is 4.84. The first-order chi connectivity index (χ1) is 29.9. The van der Waals surface area contributed by atoms with Crippen molar-refractivity contribution in [1.82, 2.24) is 4.57 Å². The maximum atomic E-state index is 2.59. The highest BCUT2D eigenvalue weighted by Gasteiger charge is 2.72. The number of benzene rings is 8. The van der Waals surface area contributed by atoms with E-state index in [1.165, 1.54) is 114 Å². The molecule has 0 N–H and O–H groups in total. The molecule has 0 radical (unpaired) electrons. The van der Waals surface area contributed by atoms with Crippen LogP contribution in [0.15, 0.2) is 176 Å². The van der Waals surface area contributed by atoms with Gasteiger partial charge in [0.25, 0.3) is 0 Å². The Kier molecular flexibility index (Phi) is 6.83. The summed E-state index contributed by atoms with van der Waals surface area (Å²) in [5, 5.41) is 5.09. The molecule has 0 amide bonds. The van der Waals surface area contributed by atoms with Crippen LogP contribution in [0.4, 0.5) is 17.1 Å². The standard InChI is InChI=1S/C59H48N2/c1-58(2)51-19-8-5-17-47(51)48-27-26-45(33-52(48)58)60(44-15-11-14-42(32-44)59-34-40-28-39-29-41(35-59)57(59)56(39)40)43-24-22-36(23-25-43)46-16-6-9-20-53(46)61-54-21-10-7-18-49(54)50-30-37-12-3-4-13-38(37)31-55(50)61/h3-27,30-33,39-41,56-57H,28-29,34-35H2,1-2H3/t39-,40-,41-,56?,57?,59?/m0/s1. The molecule has 5 aliphatic carbocycles. The molecule has 2 heteroatoms. The Bertz CT molecular complexity index is 3290. The van der Waals surface area contributed by atoms with Gasteiger partial charge in [0.2, 0.25) is 0 Å². The average Bonchev–Trinajstić information content (AvgIpc) is 3.88. The van der Waals surface area contributed by atoms with Gasteiger partial charge in [0.05, 0.1) is 16.7 Å². The maximum absolute atomic E-state index is 2.59. The van der Waals surface area contributed by atoms with Crippen molar-refractivity contribution in [2.45, 2.75) is 50.4 Å². The zero-order valence-electron chi connectivity index (χ0n) is 34.9. The van der Waals surface area contributed by atoms with E-state index in [1.54, 1.807) is 5.56 Å². The van der Waals surface area contributed by atoms with Crippen molar-refractivity contribution in [3.05, 3.63) is 193 Å². The van der Waals surface area contributed by atoms with Gasteiger partial charge in [-0.05, 0) is 166 Å². The van der Waals surface area contributed by atoms with Gasteiger partial charge in [0, 0.05) is 38.8 Å². The normalized spacial score (nSPS) is 24.7. The highest BCUT2D eigenvalue weighted by molar-refractivity contribution is 6.14. The third-order valence-electron chi connectivity index (χ3n) is 16.7. The van der Waals surface area contributed by atoms with Crippen LogP contribution in [0.25, 0.3) is 60.5 Å². The van der Waals surface area contributed by atoms with E-state index in [9.17, 15) is 0 Å². The van der Waals surface area contributed by atoms with E-state index >= 15 is 0 Å². The first kappa shape index (κ1) is 34.3. The summed E-state index contributed by atoms with van der Waals surface area (Å²) in [4.78, 5) is 2.55. The lowest BCUT2D eigenvalue weighted by molar-refractivity contribution is 0.0684. The fourth-order valence-electron chi connectivity index (χ4n) is 14.2. The van der Waals surface area contributed by atoms with Crippen LogP contribution >= 0.6 is 0 Å². The van der Waals surface area contributed by atoms with Crippen molar-refractivity contribution in [3.63, 3.8) is 0 Å². The van der Waals surface area contributed by atoms with E-state index < -0.39 is 0 Å². The topological polar surface area (TPSA) is 8.17 Å². The molecule has 14 rings (SSSR count). The average molecular weight is 785 g/mol. The number of nitrogens with zero attached hydrogens (tertiary/aromatic N) is 2. The quantitative estimate of drug-likeness (QED) is 0.163. The number of para-hydroxylation sites is 2. The molecule has 8 aromatic carbocycles. The van der Waals surface area contributed by atoms with Crippen LogP contribution in [0.5, 0.6) is 0 Å². The summed E-state index contributed by atoms with van der Waals surface area (Å²) in [7, 11) is 0. The second-order valence-corrected chi connectivity index (χ2v) is 19.8. The van der Waals surface area contributed by atoms with Gasteiger partial charge in [-0.1, -0.05) is 129 Å². The van der Waals surface area contributed by atoms with Gasteiger partial charge < -0.3 is 9.47 Å². The number of rotatable bonds is 6. The van der Waals surface area contributed by atoms with E-state index in [0.717, 1.165) is 29.6 Å². The van der Waals surface area contributed by atoms with Gasteiger partial charge >= 0.3 is 0 Å². The summed E-state index contributed by atoms with van der Waals surface area (Å²) in [6.45, 7) is 4.79. The van der Waals surface area contributed by atoms with E-state index in [4.69, 9.17) is 0 Å². The maximum Gasteiger partial charge on any atom is 0.0547 e. The van der Waals surface area contributed by atoms with Crippen molar-refractivity contribution >= 4 is 49.6 Å². The molecule has 0 saturated heterocycles. The Morgan fingerprint density at radius 3 is 2.07 bits per heavy atom. The minimum absolute atomic E-state index is 0.0792. The third kappa shape index (κ3) is 4.58. The summed E-state index contributed by atoms with van der Waals surface area (Å²) < 4.78 is 2.48. The first-order valence-corrected chi connectivity index (χ1v) is 22.7. The Balaban J connectivity index is 0.909. The molecule has 4 saturated carbocycles. The van der Waals surface area contributed by atoms with Crippen LogP contribution in [0.2, 0.25) is 0 Å². The van der Waals surface area contributed by atoms with Gasteiger partial charge in [-0.3, -0.25) is 0 Å². The van der Waals surface area contributed by atoms with E-state index in [0.29, 0.717) is 5.41 Å². The van der Waals surface area contributed by atoms with Gasteiger partial charge in [-0.25, -0.2) is 0 Å². The number of fused-ring (bicyclic) bond motifs is 7. The van der Waals surface area contributed by atoms with Crippen LogP contribution < -0.4 is 4.90 Å². The molecule has 1 heterocycles. The van der Waals surface area contributed by atoms with E-state index in [2.05, 4.69) is 199 Å². The van der Waals surface area contributed by atoms with E-state index in [1.807, 2.05) is 0 Å². The summed E-state index contributed by atoms with van der Waals surface area (Å²) in [5.41, 5.74) is 17.2. The molecule has 5 aliphatic rings. The molecule has 0 spiro atoms. The van der Waals surface area contributed by atoms with E-state index in [-0.39, 0.29) is 5.41 Å². The minimum atomic E-state index is -0.0792. The molecule has 1 aromatic heterocycles. The SMILES string of the molecule is CC1(C)c2ccccc2-c2ccc(N(c3ccc(-c4ccccc4-n4c5ccccc5c5cc6ccccc6cc54)cc3)c3cccc(C45C[C@@H]6C[C@H]7C[C@@H](C4)C5C76)c3)cc21. The van der Waals surface area contributed by atoms with Crippen molar-refractivity contribution in [2.24, 2.45) is 29.6 Å². The number of hydrogen-bond acceptors (Lipinski definition) is 1. The smallest absolute Gasteiger partial charge is 0.0547 e. The molecule has 6 atom stereocenters. The van der Waals surface area contributed by atoms with Crippen LogP contribution in [0.1, 0.15) is 56.2 Å². The monoisotopic (exact) mass is 784 g/mol. The fraction of sp³-hybridized carbons (Fsp3) is 0.220. The Morgan fingerprint density at radius 2 is 1.18 bits per heavy atom. The van der Waals surface area contributed by atoms with Crippen LogP contribution in [0.3, 0.4) is 0 Å². The van der Waals surface area contributed by atoms with Gasteiger partial charge in [-0.15, -0.1) is 0 Å². The molecule has 4 fully saturated rings. The Hall–Kier alpha value is -6.38. The minimum Gasteiger partial charge on any atom is -0.310 e. The highest BCUT2D eigenvalue weighted by atomic mass is 15.1. The lowest BCUT2D eigenvalue weighted by Gasteiger charge is -2.51. The molecular weight excluding hydrogens is 737 g/mol. The molecule has 3 unspecified atom stereocenters. The molecule has 294 valence electrons. The number of anilines is 3. The fourth-order valence-corrected chi connectivity index (χ4v) is 14.2. The lowest BCUT2D eigenvalue weighted by Crippen LogP contribution is -2.47. The zero-order chi connectivity index (χ0) is 40.2. The second kappa shape index (κ2) is 12.1. The predicted molar refractivity (Wildman–Crippen MR) is 254 cm³/mol. The Morgan fingerprint density at radius 1 is 0.492 bits per heavy atom. The van der Waals surface area contributed by atoms with Crippen molar-refractivity contribution in [2.75, 3.05) is 4.90 Å². The lowest BCUT2D eigenvalue weighted by atomic mass is 9.53. The van der Waals surface area contributed by atoms with Crippen LogP contribution in [0, 0.1) is 29.6 Å². The number of aromatic nitrogens is 1. The van der Waals surface area contributed by atoms with Gasteiger partial charge in [-0.2, -0.15) is 0 Å². The van der Waals surface area contributed by atoms with Gasteiger partial charge in [0.1, 0.15) is 0 Å². The van der Waals surface area contributed by atoms with Crippen LogP contribution in [-0.4, -0.2) is 4.57 Å². The molecule has 0 aliphatic heterocycles. The van der Waals surface area contributed by atoms with Crippen molar-refractivity contribution in [1.29, 1.82) is 0 Å². The molecule has 61 heavy (non-hydrogen) atoms. The van der Waals surface area contributed by atoms with Crippen molar-refractivity contribution in [3.8, 4) is 27.9 Å². The summed E-state index contributed by atoms with van der Waals surface area (Å²) in [6.07, 6.45) is 5.78. The highest BCUT2D eigenvalue weighted by Crippen LogP contribution is 2.78. The number of hydrogen-bond donors (Lipinski definition) is 0.